The van der Waals surface area contributed by atoms with Crippen molar-refractivity contribution in [3.8, 4) is 0 Å². The van der Waals surface area contributed by atoms with Gasteiger partial charge in [-0.05, 0) is 41.4 Å². The van der Waals surface area contributed by atoms with Crippen LogP contribution in [0.5, 0.6) is 0 Å². The molecule has 4 heteroatoms. The third-order valence-corrected chi connectivity index (χ3v) is 4.27. The van der Waals surface area contributed by atoms with Crippen molar-refractivity contribution in [2.45, 2.75) is 31.9 Å². The second kappa shape index (κ2) is 5.99. The Hall–Kier alpha value is 0.1000. The first-order valence-electron chi connectivity index (χ1n) is 5.38. The first-order valence-corrected chi connectivity index (χ1v) is 7.06. The molecule has 1 unspecified atom stereocenters. The summed E-state index contributed by atoms with van der Waals surface area (Å²) >= 11 is 5.19. The summed E-state index contributed by atoms with van der Waals surface area (Å²) in [6.07, 6.45) is 3.91. The summed E-state index contributed by atoms with van der Waals surface area (Å²) in [5.41, 5.74) is 0. The van der Waals surface area contributed by atoms with E-state index >= 15 is 0 Å². The maximum Gasteiger partial charge on any atom is 0.0810 e. The van der Waals surface area contributed by atoms with Crippen LogP contribution in [-0.2, 0) is 11.3 Å². The predicted octanol–water partition coefficient (Wildman–Crippen LogP) is 3.17. The van der Waals surface area contributed by atoms with Gasteiger partial charge in [0.25, 0.3) is 0 Å². The minimum Gasteiger partial charge on any atom is -0.374 e. The van der Waals surface area contributed by atoms with Crippen LogP contribution in [0.2, 0.25) is 0 Å². The summed E-state index contributed by atoms with van der Waals surface area (Å²) in [4.78, 5) is 1.29. The number of thiophene rings is 1. The third-order valence-electron chi connectivity index (χ3n) is 2.60. The minimum atomic E-state index is 0.571. The second-order valence-corrected chi connectivity index (χ2v) is 5.80. The van der Waals surface area contributed by atoms with E-state index in [1.165, 1.54) is 24.1 Å². The molecule has 2 rings (SSSR count). The van der Waals surface area contributed by atoms with Gasteiger partial charge in [0, 0.05) is 20.8 Å². The minimum absolute atomic E-state index is 0.571. The molecular formula is C11H16BrNOS. The Morgan fingerprint density at radius 1 is 1.53 bits per heavy atom. The fourth-order valence-corrected chi connectivity index (χ4v) is 3.18. The highest BCUT2D eigenvalue weighted by molar-refractivity contribution is 9.10. The van der Waals surface area contributed by atoms with Crippen LogP contribution in [0.4, 0.5) is 0 Å². The Bertz CT molecular complexity index is 297. The van der Waals surface area contributed by atoms with E-state index in [-0.39, 0.29) is 0 Å². The van der Waals surface area contributed by atoms with Crippen molar-refractivity contribution < 1.29 is 4.74 Å². The summed E-state index contributed by atoms with van der Waals surface area (Å²) in [6.45, 7) is 2.74. The van der Waals surface area contributed by atoms with Gasteiger partial charge in [0.1, 0.15) is 0 Å². The van der Waals surface area contributed by atoms with Crippen LogP contribution in [0.25, 0.3) is 0 Å². The summed E-state index contributed by atoms with van der Waals surface area (Å²) in [6, 6.07) is 2.70. The monoisotopic (exact) mass is 289 g/mol. The van der Waals surface area contributed by atoms with Gasteiger partial charge in [-0.1, -0.05) is 6.42 Å². The molecule has 1 N–H and O–H groups in total. The molecule has 15 heavy (non-hydrogen) atoms. The molecule has 0 spiro atoms. The molecule has 1 aliphatic rings. The third kappa shape index (κ3) is 3.87. The molecule has 0 aromatic carbocycles. The Labute approximate surface area is 103 Å². The van der Waals surface area contributed by atoms with Gasteiger partial charge in [0.05, 0.1) is 13.2 Å². The first kappa shape index (κ1) is 11.6. The molecule has 1 aromatic heterocycles. The molecule has 2 nitrogen and oxygen atoms in total. The van der Waals surface area contributed by atoms with Crippen LogP contribution in [0.15, 0.2) is 15.9 Å². The van der Waals surface area contributed by atoms with Crippen molar-refractivity contribution in [1.29, 1.82) is 0 Å². The van der Waals surface area contributed by atoms with Gasteiger partial charge in [-0.25, -0.2) is 0 Å². The average Bonchev–Trinajstić information content (AvgIpc) is 2.66. The first-order chi connectivity index (χ1) is 7.34. The molecule has 1 saturated heterocycles. The highest BCUT2D eigenvalue weighted by Crippen LogP contribution is 2.20. The predicted molar refractivity (Wildman–Crippen MR) is 67.3 cm³/mol. The van der Waals surface area contributed by atoms with Crippen molar-refractivity contribution in [3.05, 3.63) is 20.8 Å². The van der Waals surface area contributed by atoms with E-state index in [4.69, 9.17) is 4.74 Å². The highest BCUT2D eigenvalue weighted by Gasteiger charge is 2.12. The van der Waals surface area contributed by atoms with Crippen molar-refractivity contribution in [1.82, 2.24) is 5.32 Å². The molecule has 0 bridgehead atoms. The lowest BCUT2D eigenvalue weighted by Gasteiger charge is -2.22. The van der Waals surface area contributed by atoms with Crippen LogP contribution in [0, 0.1) is 0 Å². The fourth-order valence-electron chi connectivity index (χ4n) is 1.80. The topological polar surface area (TPSA) is 21.3 Å². The summed E-state index contributed by atoms with van der Waals surface area (Å²) in [5, 5.41) is 5.57. The molecule has 0 aliphatic carbocycles. The van der Waals surface area contributed by atoms with E-state index in [1.54, 1.807) is 11.3 Å². The molecular weight excluding hydrogens is 274 g/mol. The van der Waals surface area contributed by atoms with Crippen LogP contribution in [0.1, 0.15) is 24.1 Å². The average molecular weight is 290 g/mol. The van der Waals surface area contributed by atoms with Crippen molar-refractivity contribution in [3.63, 3.8) is 0 Å². The molecule has 1 aliphatic heterocycles. The zero-order valence-corrected chi connectivity index (χ0v) is 11.1. The van der Waals surface area contributed by atoms with Gasteiger partial charge in [0.15, 0.2) is 0 Å². The molecule has 1 atom stereocenters. The largest absolute Gasteiger partial charge is 0.374 e. The van der Waals surface area contributed by atoms with Gasteiger partial charge in [0.2, 0.25) is 0 Å². The van der Waals surface area contributed by atoms with Gasteiger partial charge in [-0.15, -0.1) is 11.3 Å². The lowest BCUT2D eigenvalue weighted by atomic mass is 10.1. The van der Waals surface area contributed by atoms with E-state index in [2.05, 4.69) is 32.7 Å². The zero-order chi connectivity index (χ0) is 10.5. The summed E-state index contributed by atoms with van der Waals surface area (Å²) in [5.74, 6) is 0. The zero-order valence-electron chi connectivity index (χ0n) is 8.67. The summed E-state index contributed by atoms with van der Waals surface area (Å²) in [7, 11) is 0. The van der Waals surface area contributed by atoms with Crippen LogP contribution in [0.3, 0.4) is 0 Å². The van der Waals surface area contributed by atoms with Crippen LogP contribution in [-0.4, -0.2) is 19.2 Å². The molecule has 0 amide bonds. The lowest BCUT2D eigenvalue weighted by Crippen LogP contribution is -2.37. The SMILES string of the molecule is Brc1csc(COCC2CCCCN2)c1. The normalized spacial score (nSPS) is 21.8. The molecule has 0 radical (unpaired) electrons. The standard InChI is InChI=1S/C11H16BrNOS/c12-9-5-11(15-8-9)7-14-6-10-3-1-2-4-13-10/h5,8,10,13H,1-4,6-7H2. The van der Waals surface area contributed by atoms with Gasteiger partial charge < -0.3 is 10.1 Å². The number of ether oxygens (including phenoxy) is 1. The van der Waals surface area contributed by atoms with E-state index in [9.17, 15) is 0 Å². The number of hydrogen-bond donors (Lipinski definition) is 1. The number of piperidine rings is 1. The maximum absolute atomic E-state index is 5.70. The van der Waals surface area contributed by atoms with Gasteiger partial charge in [-0.3, -0.25) is 0 Å². The molecule has 2 heterocycles. The van der Waals surface area contributed by atoms with Crippen LogP contribution >= 0.6 is 27.3 Å². The number of hydrogen-bond acceptors (Lipinski definition) is 3. The van der Waals surface area contributed by atoms with E-state index in [0.717, 1.165) is 24.2 Å². The summed E-state index contributed by atoms with van der Waals surface area (Å²) < 4.78 is 6.85. The highest BCUT2D eigenvalue weighted by atomic mass is 79.9. The van der Waals surface area contributed by atoms with Crippen molar-refractivity contribution in [2.75, 3.05) is 13.2 Å². The molecule has 1 fully saturated rings. The quantitative estimate of drug-likeness (QED) is 0.919. The Morgan fingerprint density at radius 3 is 3.13 bits per heavy atom. The lowest BCUT2D eigenvalue weighted by molar-refractivity contribution is 0.0928. The maximum atomic E-state index is 5.70. The Balaban J connectivity index is 1.65. The van der Waals surface area contributed by atoms with E-state index in [0.29, 0.717) is 6.04 Å². The number of rotatable bonds is 4. The van der Waals surface area contributed by atoms with E-state index in [1.807, 2.05) is 0 Å². The molecule has 0 saturated carbocycles. The molecule has 84 valence electrons. The van der Waals surface area contributed by atoms with Gasteiger partial charge in [-0.2, -0.15) is 0 Å². The second-order valence-electron chi connectivity index (χ2n) is 3.89. The van der Waals surface area contributed by atoms with Crippen molar-refractivity contribution >= 4 is 27.3 Å². The van der Waals surface area contributed by atoms with Gasteiger partial charge >= 0.3 is 0 Å². The number of nitrogens with one attached hydrogen (secondary N) is 1. The number of halogens is 1. The Morgan fingerprint density at radius 2 is 2.47 bits per heavy atom. The van der Waals surface area contributed by atoms with E-state index < -0.39 is 0 Å². The van der Waals surface area contributed by atoms with Crippen LogP contribution < -0.4 is 5.32 Å². The Kier molecular flexibility index (Phi) is 4.62. The fraction of sp³-hybridized carbons (Fsp3) is 0.636. The van der Waals surface area contributed by atoms with Crippen molar-refractivity contribution in [2.24, 2.45) is 0 Å². The smallest absolute Gasteiger partial charge is 0.0810 e. The molecule has 1 aromatic rings.